The molecule has 0 saturated heterocycles. The summed E-state index contributed by atoms with van der Waals surface area (Å²) in [6, 6.07) is 13.7. The number of methoxy groups -OCH3 is 1. The van der Waals surface area contributed by atoms with E-state index in [-0.39, 0.29) is 18.2 Å². The summed E-state index contributed by atoms with van der Waals surface area (Å²) in [4.78, 5) is 36.4. The van der Waals surface area contributed by atoms with Crippen LogP contribution in [0.2, 0.25) is 0 Å². The Kier molecular flexibility index (Phi) is 5.89. The standard InChI is InChI=1S/C19H20N2O4/c1-13(22)21(2)17-10-4-14(5-11-17)12-18(23)20-16-8-6-15(7-9-16)19(24)25-3/h4-11H,12H2,1-3H3,(H,20,23). The van der Waals surface area contributed by atoms with Crippen LogP contribution in [0, 0.1) is 0 Å². The number of benzene rings is 2. The number of carbonyl (C=O) groups is 3. The number of ether oxygens (including phenoxy) is 1. The highest BCUT2D eigenvalue weighted by molar-refractivity contribution is 5.94. The Morgan fingerprint density at radius 3 is 2.12 bits per heavy atom. The summed E-state index contributed by atoms with van der Waals surface area (Å²) in [6.45, 7) is 1.49. The Morgan fingerprint density at radius 1 is 1.00 bits per heavy atom. The average Bonchev–Trinajstić information content (AvgIpc) is 2.61. The molecule has 0 aliphatic carbocycles. The Hall–Kier alpha value is -3.15. The van der Waals surface area contributed by atoms with E-state index in [0.717, 1.165) is 11.3 Å². The zero-order valence-electron chi connectivity index (χ0n) is 14.4. The smallest absolute Gasteiger partial charge is 0.337 e. The van der Waals surface area contributed by atoms with Crippen LogP contribution in [0.4, 0.5) is 11.4 Å². The molecule has 2 aromatic carbocycles. The molecule has 25 heavy (non-hydrogen) atoms. The fraction of sp³-hybridized carbons (Fsp3) is 0.211. The van der Waals surface area contributed by atoms with E-state index in [1.54, 1.807) is 43.4 Å². The lowest BCUT2D eigenvalue weighted by Gasteiger charge is -2.15. The van der Waals surface area contributed by atoms with Crippen molar-refractivity contribution in [2.24, 2.45) is 0 Å². The van der Waals surface area contributed by atoms with Crippen LogP contribution < -0.4 is 10.2 Å². The van der Waals surface area contributed by atoms with E-state index in [1.807, 2.05) is 12.1 Å². The van der Waals surface area contributed by atoms with Gasteiger partial charge in [-0.2, -0.15) is 0 Å². The second-order valence-corrected chi connectivity index (χ2v) is 5.54. The molecule has 0 fully saturated rings. The number of carbonyl (C=O) groups excluding carboxylic acids is 3. The normalized spacial score (nSPS) is 10.0. The van der Waals surface area contributed by atoms with Gasteiger partial charge < -0.3 is 15.0 Å². The van der Waals surface area contributed by atoms with Gasteiger partial charge in [0.25, 0.3) is 0 Å². The molecule has 6 nitrogen and oxygen atoms in total. The lowest BCUT2D eigenvalue weighted by molar-refractivity contribution is -0.116. The number of hydrogen-bond donors (Lipinski definition) is 1. The molecule has 0 unspecified atom stereocenters. The Bertz CT molecular complexity index is 767. The zero-order chi connectivity index (χ0) is 18.4. The van der Waals surface area contributed by atoms with Crippen LogP contribution in [0.3, 0.4) is 0 Å². The van der Waals surface area contributed by atoms with Crippen molar-refractivity contribution >= 4 is 29.2 Å². The second-order valence-electron chi connectivity index (χ2n) is 5.54. The third-order valence-corrected chi connectivity index (χ3v) is 3.75. The summed E-state index contributed by atoms with van der Waals surface area (Å²) in [5.41, 5.74) is 2.63. The number of amides is 2. The van der Waals surface area contributed by atoms with Crippen molar-refractivity contribution in [1.82, 2.24) is 0 Å². The summed E-state index contributed by atoms with van der Waals surface area (Å²) in [7, 11) is 3.01. The van der Waals surface area contributed by atoms with Gasteiger partial charge in [-0.05, 0) is 42.0 Å². The lowest BCUT2D eigenvalue weighted by Crippen LogP contribution is -2.22. The van der Waals surface area contributed by atoms with Crippen LogP contribution in [-0.4, -0.2) is 31.9 Å². The Balaban J connectivity index is 1.96. The maximum absolute atomic E-state index is 12.1. The van der Waals surface area contributed by atoms with Crippen LogP contribution in [-0.2, 0) is 20.7 Å². The predicted octanol–water partition coefficient (Wildman–Crippen LogP) is 2.64. The second kappa shape index (κ2) is 8.10. The molecule has 2 amide bonds. The molecule has 0 aromatic heterocycles. The molecule has 0 aliphatic rings. The van der Waals surface area contributed by atoms with E-state index in [4.69, 9.17) is 0 Å². The molecule has 2 aromatic rings. The molecule has 130 valence electrons. The molecular weight excluding hydrogens is 320 g/mol. The molecule has 1 N–H and O–H groups in total. The highest BCUT2D eigenvalue weighted by Gasteiger charge is 2.09. The van der Waals surface area contributed by atoms with Crippen molar-refractivity contribution < 1.29 is 19.1 Å². The van der Waals surface area contributed by atoms with Crippen molar-refractivity contribution in [3.8, 4) is 0 Å². The van der Waals surface area contributed by atoms with E-state index in [1.165, 1.54) is 18.9 Å². The molecular formula is C19H20N2O4. The minimum Gasteiger partial charge on any atom is -0.465 e. The third-order valence-electron chi connectivity index (χ3n) is 3.75. The first-order chi connectivity index (χ1) is 11.9. The maximum atomic E-state index is 12.1. The van der Waals surface area contributed by atoms with E-state index in [0.29, 0.717) is 11.3 Å². The van der Waals surface area contributed by atoms with Crippen molar-refractivity contribution in [1.29, 1.82) is 0 Å². The van der Waals surface area contributed by atoms with Gasteiger partial charge in [-0.15, -0.1) is 0 Å². The average molecular weight is 340 g/mol. The summed E-state index contributed by atoms with van der Waals surface area (Å²) in [5, 5.41) is 2.77. The van der Waals surface area contributed by atoms with Crippen LogP contribution >= 0.6 is 0 Å². The van der Waals surface area contributed by atoms with Crippen molar-refractivity contribution in [2.45, 2.75) is 13.3 Å². The first-order valence-electron chi connectivity index (χ1n) is 7.72. The molecule has 0 radical (unpaired) electrons. The van der Waals surface area contributed by atoms with Crippen LogP contribution in [0.25, 0.3) is 0 Å². The van der Waals surface area contributed by atoms with Gasteiger partial charge in [0.05, 0.1) is 19.1 Å². The highest BCUT2D eigenvalue weighted by Crippen LogP contribution is 2.15. The topological polar surface area (TPSA) is 75.7 Å². The van der Waals surface area contributed by atoms with Gasteiger partial charge in [0, 0.05) is 25.3 Å². The van der Waals surface area contributed by atoms with E-state index < -0.39 is 5.97 Å². The number of hydrogen-bond acceptors (Lipinski definition) is 4. The zero-order valence-corrected chi connectivity index (χ0v) is 14.4. The minimum atomic E-state index is -0.423. The highest BCUT2D eigenvalue weighted by atomic mass is 16.5. The molecule has 0 spiro atoms. The van der Waals surface area contributed by atoms with Gasteiger partial charge in [-0.3, -0.25) is 9.59 Å². The minimum absolute atomic E-state index is 0.0547. The van der Waals surface area contributed by atoms with Crippen LogP contribution in [0.5, 0.6) is 0 Å². The molecule has 0 saturated carbocycles. The number of anilines is 2. The first kappa shape index (κ1) is 18.2. The SMILES string of the molecule is COC(=O)c1ccc(NC(=O)Cc2ccc(N(C)C(C)=O)cc2)cc1. The monoisotopic (exact) mass is 340 g/mol. The van der Waals surface area contributed by atoms with Crippen LogP contribution in [0.15, 0.2) is 48.5 Å². The van der Waals surface area contributed by atoms with Gasteiger partial charge in [0.2, 0.25) is 11.8 Å². The molecule has 2 rings (SSSR count). The molecule has 6 heteroatoms. The summed E-state index contributed by atoms with van der Waals surface area (Å²) in [5.74, 6) is -0.645. The fourth-order valence-electron chi connectivity index (χ4n) is 2.22. The van der Waals surface area contributed by atoms with E-state index >= 15 is 0 Å². The van der Waals surface area contributed by atoms with Crippen molar-refractivity contribution in [3.63, 3.8) is 0 Å². The van der Waals surface area contributed by atoms with Crippen LogP contribution in [0.1, 0.15) is 22.8 Å². The van der Waals surface area contributed by atoms with Crippen molar-refractivity contribution in [3.05, 3.63) is 59.7 Å². The Morgan fingerprint density at radius 2 is 1.60 bits per heavy atom. The van der Waals surface area contributed by atoms with Crippen molar-refractivity contribution in [2.75, 3.05) is 24.4 Å². The maximum Gasteiger partial charge on any atom is 0.337 e. The number of rotatable bonds is 5. The molecule has 0 aliphatic heterocycles. The number of nitrogens with zero attached hydrogens (tertiary/aromatic N) is 1. The summed E-state index contributed by atoms with van der Waals surface area (Å²) in [6.07, 6.45) is 0.211. The van der Waals surface area contributed by atoms with Gasteiger partial charge in [0.1, 0.15) is 0 Å². The fourth-order valence-corrected chi connectivity index (χ4v) is 2.22. The predicted molar refractivity (Wildman–Crippen MR) is 95.6 cm³/mol. The number of nitrogens with one attached hydrogen (secondary N) is 1. The Labute approximate surface area is 146 Å². The van der Waals surface area contributed by atoms with E-state index in [9.17, 15) is 14.4 Å². The summed E-state index contributed by atoms with van der Waals surface area (Å²) >= 11 is 0. The summed E-state index contributed by atoms with van der Waals surface area (Å²) < 4.78 is 4.63. The molecule has 0 bridgehead atoms. The number of esters is 1. The van der Waals surface area contributed by atoms with Gasteiger partial charge in [0.15, 0.2) is 0 Å². The van der Waals surface area contributed by atoms with E-state index in [2.05, 4.69) is 10.1 Å². The van der Waals surface area contributed by atoms with Gasteiger partial charge in [-0.1, -0.05) is 12.1 Å². The lowest BCUT2D eigenvalue weighted by atomic mass is 10.1. The molecule has 0 atom stereocenters. The van der Waals surface area contributed by atoms with Gasteiger partial charge >= 0.3 is 5.97 Å². The largest absolute Gasteiger partial charge is 0.465 e. The molecule has 0 heterocycles. The van der Waals surface area contributed by atoms with Gasteiger partial charge in [-0.25, -0.2) is 4.79 Å². The first-order valence-corrected chi connectivity index (χ1v) is 7.72. The third kappa shape index (κ3) is 4.91. The quantitative estimate of drug-likeness (QED) is 0.849.